The van der Waals surface area contributed by atoms with Crippen LogP contribution in [0, 0.1) is 25.2 Å². The summed E-state index contributed by atoms with van der Waals surface area (Å²) in [5.74, 6) is 0.284. The number of benzene rings is 2. The predicted octanol–water partition coefficient (Wildman–Crippen LogP) is 3.36. The summed E-state index contributed by atoms with van der Waals surface area (Å²) < 4.78 is 21.1. The summed E-state index contributed by atoms with van der Waals surface area (Å²) >= 11 is 0. The van der Waals surface area contributed by atoms with Gasteiger partial charge in [-0.25, -0.2) is 0 Å². The molecule has 32 heavy (non-hydrogen) atoms. The number of anilines is 1. The number of carbonyl (C=O) groups is 2. The van der Waals surface area contributed by atoms with Crippen molar-refractivity contribution in [1.82, 2.24) is 0 Å². The van der Waals surface area contributed by atoms with Gasteiger partial charge in [-0.15, -0.1) is 0 Å². The lowest BCUT2D eigenvalue weighted by molar-refractivity contribution is -0.147. The Morgan fingerprint density at radius 3 is 2.03 bits per heavy atom. The molecule has 2 rings (SSSR count). The summed E-state index contributed by atoms with van der Waals surface area (Å²) in [6.07, 6.45) is 0.0872. The number of hydrogen-bond donors (Lipinski definition) is 0. The van der Waals surface area contributed by atoms with Crippen LogP contribution in [-0.2, 0) is 20.7 Å². The Morgan fingerprint density at radius 2 is 1.53 bits per heavy atom. The number of nitrogens with zero attached hydrogens (tertiary/aromatic N) is 2. The van der Waals surface area contributed by atoms with Crippen molar-refractivity contribution in [3.63, 3.8) is 0 Å². The third-order valence-electron chi connectivity index (χ3n) is 4.70. The summed E-state index contributed by atoms with van der Waals surface area (Å²) in [6.45, 7) is 3.64. The van der Waals surface area contributed by atoms with Crippen molar-refractivity contribution < 1.29 is 28.5 Å². The minimum atomic E-state index is -0.576. The van der Waals surface area contributed by atoms with E-state index in [1.165, 1.54) is 26.2 Å². The predicted molar refractivity (Wildman–Crippen MR) is 119 cm³/mol. The highest BCUT2D eigenvalue weighted by atomic mass is 16.5. The highest BCUT2D eigenvalue weighted by molar-refractivity contribution is 5.95. The maximum atomic E-state index is 12.8. The molecule has 8 nitrogen and oxygen atoms in total. The molecule has 0 saturated heterocycles. The monoisotopic (exact) mass is 440 g/mol. The summed E-state index contributed by atoms with van der Waals surface area (Å²) in [5, 5.41) is 8.96. The molecule has 2 aromatic rings. The Balaban J connectivity index is 2.10. The molecule has 1 amide bonds. The lowest BCUT2D eigenvalue weighted by atomic mass is 10.1. The molecule has 0 unspecified atom stereocenters. The van der Waals surface area contributed by atoms with E-state index >= 15 is 0 Å². The van der Waals surface area contributed by atoms with Gasteiger partial charge in [0.15, 0.2) is 18.1 Å². The van der Waals surface area contributed by atoms with Crippen LogP contribution >= 0.6 is 0 Å². The van der Waals surface area contributed by atoms with Gasteiger partial charge in [0.05, 0.1) is 40.2 Å². The molecular formula is C24H28N2O6. The van der Waals surface area contributed by atoms with Gasteiger partial charge in [0.25, 0.3) is 5.91 Å². The number of esters is 1. The smallest absolute Gasteiger partial charge is 0.310 e. The summed E-state index contributed by atoms with van der Waals surface area (Å²) in [5.41, 5.74) is 3.25. The molecule has 0 radical (unpaired) electrons. The average Bonchev–Trinajstić information content (AvgIpc) is 2.76. The van der Waals surface area contributed by atoms with Gasteiger partial charge in [-0.05, 0) is 54.8 Å². The van der Waals surface area contributed by atoms with E-state index in [2.05, 4.69) is 0 Å². The van der Waals surface area contributed by atoms with E-state index in [9.17, 15) is 9.59 Å². The summed E-state index contributed by atoms with van der Waals surface area (Å²) in [6, 6.07) is 11.1. The van der Waals surface area contributed by atoms with E-state index in [0.29, 0.717) is 28.5 Å². The number of methoxy groups -OCH3 is 3. The highest BCUT2D eigenvalue weighted by Crippen LogP contribution is 2.38. The van der Waals surface area contributed by atoms with Gasteiger partial charge in [-0.3, -0.25) is 9.59 Å². The third-order valence-corrected chi connectivity index (χ3v) is 4.70. The molecule has 0 aliphatic heterocycles. The van der Waals surface area contributed by atoms with Crippen LogP contribution in [0.3, 0.4) is 0 Å². The first-order valence-electron chi connectivity index (χ1n) is 10.0. The van der Waals surface area contributed by atoms with Crippen LogP contribution in [0.5, 0.6) is 17.2 Å². The first-order chi connectivity index (χ1) is 15.3. The van der Waals surface area contributed by atoms with Gasteiger partial charge in [-0.1, -0.05) is 6.07 Å². The molecule has 0 spiro atoms. The fourth-order valence-corrected chi connectivity index (χ4v) is 3.34. The number of carbonyl (C=O) groups excluding carboxylic acids is 2. The Kier molecular flexibility index (Phi) is 8.90. The van der Waals surface area contributed by atoms with Gasteiger partial charge < -0.3 is 23.8 Å². The number of hydrogen-bond acceptors (Lipinski definition) is 7. The van der Waals surface area contributed by atoms with Gasteiger partial charge in [0.2, 0.25) is 5.75 Å². The number of aryl methyl sites for hydroxylation is 2. The van der Waals surface area contributed by atoms with Crippen molar-refractivity contribution in [2.75, 3.05) is 39.4 Å². The molecule has 2 aromatic carbocycles. The first kappa shape index (κ1) is 24.5. The summed E-state index contributed by atoms with van der Waals surface area (Å²) in [7, 11) is 4.47. The van der Waals surface area contributed by atoms with E-state index in [1.807, 2.05) is 38.1 Å². The van der Waals surface area contributed by atoms with Crippen LogP contribution in [0.15, 0.2) is 30.3 Å². The van der Waals surface area contributed by atoms with E-state index in [1.54, 1.807) is 12.1 Å². The van der Waals surface area contributed by atoms with E-state index in [0.717, 1.165) is 11.1 Å². The second-order valence-corrected chi connectivity index (χ2v) is 7.17. The Hall–Kier alpha value is -3.73. The fourth-order valence-electron chi connectivity index (χ4n) is 3.34. The highest BCUT2D eigenvalue weighted by Gasteiger charge is 2.20. The second-order valence-electron chi connectivity index (χ2n) is 7.17. The number of rotatable bonds is 10. The average molecular weight is 440 g/mol. The normalized spacial score (nSPS) is 10.1. The zero-order valence-corrected chi connectivity index (χ0v) is 19.1. The summed E-state index contributed by atoms with van der Waals surface area (Å²) in [4.78, 5) is 26.7. The van der Waals surface area contributed by atoms with Crippen molar-refractivity contribution in [3.8, 4) is 23.3 Å². The minimum Gasteiger partial charge on any atom is -0.493 e. The van der Waals surface area contributed by atoms with E-state index in [4.69, 9.17) is 24.2 Å². The zero-order chi connectivity index (χ0) is 23.7. The number of amides is 1. The molecule has 0 fully saturated rings. The molecule has 0 atom stereocenters. The fraction of sp³-hybridized carbons (Fsp3) is 0.375. The molecule has 8 heteroatoms. The Bertz CT molecular complexity index is 967. The topological polar surface area (TPSA) is 98.1 Å². The Morgan fingerprint density at radius 1 is 0.938 bits per heavy atom. The molecule has 0 heterocycles. The quantitative estimate of drug-likeness (QED) is 0.523. The van der Waals surface area contributed by atoms with Crippen LogP contribution in [0.4, 0.5) is 5.69 Å². The molecule has 0 saturated carbocycles. The molecule has 0 aliphatic rings. The zero-order valence-electron chi connectivity index (χ0n) is 19.1. The van der Waals surface area contributed by atoms with Gasteiger partial charge >= 0.3 is 5.97 Å². The molecule has 170 valence electrons. The maximum absolute atomic E-state index is 12.8. The van der Waals surface area contributed by atoms with Crippen LogP contribution in [0.2, 0.25) is 0 Å². The van der Waals surface area contributed by atoms with Crippen LogP contribution in [0.25, 0.3) is 0 Å². The molecule has 0 bridgehead atoms. The minimum absolute atomic E-state index is 0.0776. The molecule has 0 aliphatic carbocycles. The van der Waals surface area contributed by atoms with Gasteiger partial charge in [0, 0.05) is 12.2 Å². The van der Waals surface area contributed by atoms with Crippen molar-refractivity contribution in [2.24, 2.45) is 0 Å². The maximum Gasteiger partial charge on any atom is 0.310 e. The van der Waals surface area contributed by atoms with Gasteiger partial charge in [0.1, 0.15) is 0 Å². The SMILES string of the molecule is COc1cc(CC(=O)OCC(=O)N(CCC#N)c2cc(C)cc(C)c2)cc(OC)c1OC. The number of ether oxygens (including phenoxy) is 4. The van der Waals surface area contributed by atoms with Crippen molar-refractivity contribution in [1.29, 1.82) is 5.26 Å². The molecule has 0 aromatic heterocycles. The van der Waals surface area contributed by atoms with E-state index in [-0.39, 0.29) is 19.4 Å². The van der Waals surface area contributed by atoms with Crippen LogP contribution < -0.4 is 19.1 Å². The van der Waals surface area contributed by atoms with Crippen LogP contribution in [-0.4, -0.2) is 46.4 Å². The van der Waals surface area contributed by atoms with E-state index < -0.39 is 18.5 Å². The van der Waals surface area contributed by atoms with Crippen molar-refractivity contribution in [3.05, 3.63) is 47.0 Å². The largest absolute Gasteiger partial charge is 0.493 e. The van der Waals surface area contributed by atoms with Crippen molar-refractivity contribution in [2.45, 2.75) is 26.7 Å². The third kappa shape index (κ3) is 6.38. The van der Waals surface area contributed by atoms with Gasteiger partial charge in [-0.2, -0.15) is 5.26 Å². The molecular weight excluding hydrogens is 412 g/mol. The van der Waals surface area contributed by atoms with Crippen LogP contribution in [0.1, 0.15) is 23.1 Å². The lowest BCUT2D eigenvalue weighted by Gasteiger charge is -2.22. The Labute approximate surface area is 188 Å². The standard InChI is InChI=1S/C24H28N2O6/c1-16-9-17(2)11-19(10-16)26(8-6-7-25)22(27)15-32-23(28)14-18-12-20(29-3)24(31-5)21(13-18)30-4/h9-13H,6,8,14-15H2,1-5H3. The lowest BCUT2D eigenvalue weighted by Crippen LogP contribution is -2.35. The second kappa shape index (κ2) is 11.6. The number of nitriles is 1. The molecule has 0 N–H and O–H groups in total. The first-order valence-corrected chi connectivity index (χ1v) is 10.0. The van der Waals surface area contributed by atoms with Crippen molar-refractivity contribution >= 4 is 17.6 Å².